The van der Waals surface area contributed by atoms with Crippen LogP contribution in [0.5, 0.6) is 0 Å². The zero-order valence-electron chi connectivity index (χ0n) is 12.1. The summed E-state index contributed by atoms with van der Waals surface area (Å²) in [6, 6.07) is 0.377. The normalized spacial score (nSPS) is 14.2. The van der Waals surface area contributed by atoms with E-state index in [4.69, 9.17) is 4.74 Å². The molecule has 0 heterocycles. The van der Waals surface area contributed by atoms with E-state index in [1.54, 1.807) is 14.2 Å². The van der Waals surface area contributed by atoms with E-state index in [0.29, 0.717) is 6.04 Å². The average molecular weight is 357 g/mol. The Hall–Kier alpha value is -0.0400. The highest BCUT2D eigenvalue weighted by molar-refractivity contribution is 14.0. The average Bonchev–Trinajstić information content (AvgIpc) is 2.14. The van der Waals surface area contributed by atoms with E-state index in [1.165, 1.54) is 0 Å². The third-order valence-electron chi connectivity index (χ3n) is 2.35. The van der Waals surface area contributed by atoms with Crippen molar-refractivity contribution in [2.45, 2.75) is 46.8 Å². The van der Waals surface area contributed by atoms with Crippen LogP contribution in [0.25, 0.3) is 0 Å². The number of rotatable bonds is 4. The van der Waals surface area contributed by atoms with Gasteiger partial charge in [0.25, 0.3) is 0 Å². The Morgan fingerprint density at radius 2 is 1.82 bits per heavy atom. The SMILES string of the molecule is CN=C(NCC(OC)C(C)(C)C)NC(C)C.I. The molecule has 0 aromatic rings. The van der Waals surface area contributed by atoms with E-state index in [2.05, 4.69) is 50.2 Å². The fraction of sp³-hybridized carbons (Fsp3) is 0.917. The maximum absolute atomic E-state index is 5.47. The molecular formula is C12H28IN3O. The molecule has 0 bridgehead atoms. The molecule has 0 rings (SSSR count). The van der Waals surface area contributed by atoms with Crippen LogP contribution in [0.4, 0.5) is 0 Å². The van der Waals surface area contributed by atoms with Gasteiger partial charge in [-0.05, 0) is 19.3 Å². The van der Waals surface area contributed by atoms with Gasteiger partial charge < -0.3 is 15.4 Å². The second-order valence-electron chi connectivity index (χ2n) is 5.34. The Balaban J connectivity index is 0. The molecule has 4 nitrogen and oxygen atoms in total. The first-order chi connectivity index (χ1) is 7.31. The molecule has 1 unspecified atom stereocenters. The van der Waals surface area contributed by atoms with Crippen LogP contribution in [0.3, 0.4) is 0 Å². The maximum Gasteiger partial charge on any atom is 0.191 e. The molecular weight excluding hydrogens is 329 g/mol. The number of aliphatic imine (C=N–C) groups is 1. The maximum atomic E-state index is 5.47. The summed E-state index contributed by atoms with van der Waals surface area (Å²) in [6.07, 6.45) is 0.165. The number of nitrogens with one attached hydrogen (secondary N) is 2. The Labute approximate surface area is 123 Å². The summed E-state index contributed by atoms with van der Waals surface area (Å²) >= 11 is 0. The number of nitrogens with zero attached hydrogens (tertiary/aromatic N) is 1. The highest BCUT2D eigenvalue weighted by Gasteiger charge is 2.24. The van der Waals surface area contributed by atoms with Crippen LogP contribution in [-0.4, -0.2) is 38.8 Å². The first-order valence-electron chi connectivity index (χ1n) is 5.81. The molecule has 17 heavy (non-hydrogen) atoms. The molecule has 0 radical (unpaired) electrons. The second kappa shape index (κ2) is 8.97. The molecule has 0 aliphatic heterocycles. The topological polar surface area (TPSA) is 45.7 Å². The third kappa shape index (κ3) is 8.65. The summed E-state index contributed by atoms with van der Waals surface area (Å²) in [7, 11) is 3.52. The Bertz CT molecular complexity index is 224. The number of guanidine groups is 1. The zero-order valence-corrected chi connectivity index (χ0v) is 14.5. The lowest BCUT2D eigenvalue weighted by Gasteiger charge is -2.30. The molecule has 0 spiro atoms. The lowest BCUT2D eigenvalue weighted by Crippen LogP contribution is -2.47. The summed E-state index contributed by atoms with van der Waals surface area (Å²) < 4.78 is 5.47. The molecule has 0 aromatic heterocycles. The van der Waals surface area contributed by atoms with Gasteiger partial charge >= 0.3 is 0 Å². The number of ether oxygens (including phenoxy) is 1. The van der Waals surface area contributed by atoms with Gasteiger partial charge in [-0.15, -0.1) is 24.0 Å². The van der Waals surface area contributed by atoms with Crippen molar-refractivity contribution in [2.75, 3.05) is 20.7 Å². The fourth-order valence-electron chi connectivity index (χ4n) is 1.40. The summed E-state index contributed by atoms with van der Waals surface area (Å²) in [5.41, 5.74) is 0.123. The first kappa shape index (κ1) is 19.3. The molecule has 5 heteroatoms. The van der Waals surface area contributed by atoms with E-state index in [-0.39, 0.29) is 35.5 Å². The van der Waals surface area contributed by atoms with Gasteiger partial charge in [0.2, 0.25) is 0 Å². The van der Waals surface area contributed by atoms with Gasteiger partial charge in [0.15, 0.2) is 5.96 Å². The van der Waals surface area contributed by atoms with Gasteiger partial charge in [0.05, 0.1) is 6.10 Å². The highest BCUT2D eigenvalue weighted by Crippen LogP contribution is 2.20. The highest BCUT2D eigenvalue weighted by atomic mass is 127. The largest absolute Gasteiger partial charge is 0.379 e. The Morgan fingerprint density at radius 1 is 1.29 bits per heavy atom. The molecule has 2 N–H and O–H groups in total. The van der Waals surface area contributed by atoms with E-state index < -0.39 is 0 Å². The van der Waals surface area contributed by atoms with E-state index >= 15 is 0 Å². The van der Waals surface area contributed by atoms with E-state index in [1.807, 2.05) is 0 Å². The van der Waals surface area contributed by atoms with Gasteiger partial charge in [0, 0.05) is 26.7 Å². The fourth-order valence-corrected chi connectivity index (χ4v) is 1.40. The Kier molecular flexibility index (Phi) is 10.2. The quantitative estimate of drug-likeness (QED) is 0.461. The predicted octanol–water partition coefficient (Wildman–Crippen LogP) is 2.24. The summed E-state index contributed by atoms with van der Waals surface area (Å²) in [4.78, 5) is 4.16. The van der Waals surface area contributed by atoms with Crippen LogP contribution in [0, 0.1) is 5.41 Å². The summed E-state index contributed by atoms with van der Waals surface area (Å²) in [5, 5.41) is 6.52. The Morgan fingerprint density at radius 3 is 2.12 bits per heavy atom. The molecule has 0 saturated carbocycles. The van der Waals surface area contributed by atoms with E-state index in [0.717, 1.165) is 12.5 Å². The van der Waals surface area contributed by atoms with Gasteiger partial charge in [0.1, 0.15) is 0 Å². The molecule has 0 saturated heterocycles. The van der Waals surface area contributed by atoms with Crippen molar-refractivity contribution >= 4 is 29.9 Å². The second-order valence-corrected chi connectivity index (χ2v) is 5.34. The van der Waals surface area contributed by atoms with Crippen molar-refractivity contribution in [2.24, 2.45) is 10.4 Å². The van der Waals surface area contributed by atoms with Gasteiger partial charge in [-0.3, -0.25) is 4.99 Å². The van der Waals surface area contributed by atoms with Crippen molar-refractivity contribution < 1.29 is 4.74 Å². The van der Waals surface area contributed by atoms with Crippen molar-refractivity contribution in [1.82, 2.24) is 10.6 Å². The lowest BCUT2D eigenvalue weighted by molar-refractivity contribution is 0.0205. The smallest absolute Gasteiger partial charge is 0.191 e. The van der Waals surface area contributed by atoms with Crippen LogP contribution < -0.4 is 10.6 Å². The molecule has 1 atom stereocenters. The van der Waals surface area contributed by atoms with Crippen LogP contribution >= 0.6 is 24.0 Å². The number of methoxy groups -OCH3 is 1. The molecule has 104 valence electrons. The van der Waals surface area contributed by atoms with E-state index in [9.17, 15) is 0 Å². The molecule has 0 fully saturated rings. The van der Waals surface area contributed by atoms with Crippen LogP contribution in [-0.2, 0) is 4.74 Å². The number of hydrogen-bond acceptors (Lipinski definition) is 2. The van der Waals surface area contributed by atoms with Crippen molar-refractivity contribution in [1.29, 1.82) is 0 Å². The minimum atomic E-state index is 0. The summed E-state index contributed by atoms with van der Waals surface area (Å²) in [6.45, 7) is 11.4. The molecule has 0 aliphatic rings. The van der Waals surface area contributed by atoms with Crippen LogP contribution in [0.1, 0.15) is 34.6 Å². The monoisotopic (exact) mass is 357 g/mol. The minimum absolute atomic E-state index is 0. The predicted molar refractivity (Wildman–Crippen MR) is 85.3 cm³/mol. The minimum Gasteiger partial charge on any atom is -0.379 e. The lowest BCUT2D eigenvalue weighted by atomic mass is 9.89. The van der Waals surface area contributed by atoms with Crippen molar-refractivity contribution in [3.05, 3.63) is 0 Å². The van der Waals surface area contributed by atoms with Crippen LogP contribution in [0.15, 0.2) is 4.99 Å². The van der Waals surface area contributed by atoms with Gasteiger partial charge in [-0.2, -0.15) is 0 Å². The van der Waals surface area contributed by atoms with Crippen molar-refractivity contribution in [3.63, 3.8) is 0 Å². The van der Waals surface area contributed by atoms with Crippen molar-refractivity contribution in [3.8, 4) is 0 Å². The summed E-state index contributed by atoms with van der Waals surface area (Å²) in [5.74, 6) is 0.821. The zero-order chi connectivity index (χ0) is 12.8. The van der Waals surface area contributed by atoms with Gasteiger partial charge in [-0.1, -0.05) is 20.8 Å². The third-order valence-corrected chi connectivity index (χ3v) is 2.35. The first-order valence-corrected chi connectivity index (χ1v) is 5.81. The molecule has 0 aliphatic carbocycles. The number of hydrogen-bond donors (Lipinski definition) is 2. The van der Waals surface area contributed by atoms with Crippen LogP contribution in [0.2, 0.25) is 0 Å². The standard InChI is InChI=1S/C12H27N3O.HI/c1-9(2)15-11(13-6)14-8-10(16-7)12(3,4)5;/h9-10H,8H2,1-7H3,(H2,13,14,15);1H. The molecule has 0 aromatic carbocycles. The van der Waals surface area contributed by atoms with Gasteiger partial charge in [-0.25, -0.2) is 0 Å². The number of halogens is 1. The molecule has 0 amide bonds.